The highest BCUT2D eigenvalue weighted by Crippen LogP contribution is 2.40. The van der Waals surface area contributed by atoms with Crippen molar-refractivity contribution in [2.24, 2.45) is 0 Å². The quantitative estimate of drug-likeness (QED) is 0.489. The van der Waals surface area contributed by atoms with E-state index in [4.69, 9.17) is 13.9 Å². The van der Waals surface area contributed by atoms with E-state index >= 15 is 0 Å². The summed E-state index contributed by atoms with van der Waals surface area (Å²) in [5.41, 5.74) is 1.40. The number of carbonyl (C=O) groups excluding carboxylic acids is 1. The molecule has 174 valence electrons. The minimum Gasteiger partial charge on any atom is -0.493 e. The normalized spacial score (nSPS) is 15.4. The van der Waals surface area contributed by atoms with Crippen LogP contribution in [0.1, 0.15) is 48.5 Å². The van der Waals surface area contributed by atoms with Crippen LogP contribution in [0.5, 0.6) is 11.5 Å². The van der Waals surface area contributed by atoms with E-state index in [0.29, 0.717) is 47.7 Å². The van der Waals surface area contributed by atoms with Gasteiger partial charge in [0.25, 0.3) is 5.91 Å². The largest absolute Gasteiger partial charge is 0.493 e. The highest BCUT2D eigenvalue weighted by Gasteiger charge is 2.42. The maximum atomic E-state index is 13.6. The lowest BCUT2D eigenvalue weighted by atomic mass is 9.98. The second-order valence-corrected chi connectivity index (χ2v) is 7.94. The number of ether oxygens (including phenoxy) is 2. The Morgan fingerprint density at radius 2 is 1.79 bits per heavy atom. The molecule has 0 radical (unpaired) electrons. The first-order valence-electron chi connectivity index (χ1n) is 11.4. The number of likely N-dealkylation sites (N-methyl/N-ethyl adjacent to an activating group) is 1. The van der Waals surface area contributed by atoms with Crippen molar-refractivity contribution in [3.8, 4) is 11.5 Å². The Hall–Kier alpha value is -3.32. The van der Waals surface area contributed by atoms with Gasteiger partial charge in [0.05, 0.1) is 30.7 Å². The van der Waals surface area contributed by atoms with Gasteiger partial charge in [-0.2, -0.15) is 0 Å². The Morgan fingerprint density at radius 3 is 2.48 bits per heavy atom. The van der Waals surface area contributed by atoms with Gasteiger partial charge in [0, 0.05) is 13.1 Å². The molecule has 0 N–H and O–H groups in total. The van der Waals surface area contributed by atoms with Crippen LogP contribution < -0.4 is 14.9 Å². The highest BCUT2D eigenvalue weighted by molar-refractivity contribution is 5.99. The number of hydrogen-bond acceptors (Lipinski definition) is 6. The van der Waals surface area contributed by atoms with Crippen LogP contribution in [0.4, 0.5) is 0 Å². The first kappa shape index (κ1) is 22.9. The van der Waals surface area contributed by atoms with E-state index in [1.165, 1.54) is 0 Å². The van der Waals surface area contributed by atoms with E-state index in [9.17, 15) is 9.59 Å². The number of methoxy groups -OCH3 is 1. The van der Waals surface area contributed by atoms with Crippen LogP contribution in [0.25, 0.3) is 11.0 Å². The molecule has 1 aliphatic rings. The van der Waals surface area contributed by atoms with Gasteiger partial charge in [0.15, 0.2) is 16.9 Å². The van der Waals surface area contributed by atoms with Crippen molar-refractivity contribution in [2.45, 2.75) is 26.8 Å². The van der Waals surface area contributed by atoms with Gasteiger partial charge < -0.3 is 23.7 Å². The first-order valence-corrected chi connectivity index (χ1v) is 11.4. The van der Waals surface area contributed by atoms with Gasteiger partial charge in [-0.1, -0.05) is 32.0 Å². The summed E-state index contributed by atoms with van der Waals surface area (Å²) in [6.45, 7) is 9.54. The van der Waals surface area contributed by atoms with E-state index < -0.39 is 6.04 Å². The fraction of sp³-hybridized carbons (Fsp3) is 0.385. The molecule has 0 fully saturated rings. The molecule has 1 atom stereocenters. The third kappa shape index (κ3) is 4.09. The van der Waals surface area contributed by atoms with Crippen LogP contribution in [-0.2, 0) is 0 Å². The minimum atomic E-state index is -0.562. The second-order valence-electron chi connectivity index (χ2n) is 7.94. The summed E-state index contributed by atoms with van der Waals surface area (Å²) >= 11 is 0. The molecule has 7 heteroatoms. The molecule has 7 nitrogen and oxygen atoms in total. The van der Waals surface area contributed by atoms with Gasteiger partial charge in [0.2, 0.25) is 5.76 Å². The van der Waals surface area contributed by atoms with Crippen LogP contribution in [0, 0.1) is 0 Å². The number of hydrogen-bond donors (Lipinski definition) is 0. The number of para-hydroxylation sites is 1. The first-order chi connectivity index (χ1) is 16.0. The van der Waals surface area contributed by atoms with Crippen LogP contribution >= 0.6 is 0 Å². The highest BCUT2D eigenvalue weighted by atomic mass is 16.5. The van der Waals surface area contributed by atoms with Crippen molar-refractivity contribution >= 4 is 16.9 Å². The molecule has 0 aliphatic carbocycles. The van der Waals surface area contributed by atoms with Crippen molar-refractivity contribution in [3.63, 3.8) is 0 Å². The zero-order valence-corrected chi connectivity index (χ0v) is 19.6. The van der Waals surface area contributed by atoms with Gasteiger partial charge in [0.1, 0.15) is 5.58 Å². The molecule has 0 saturated heterocycles. The molecular weight excluding hydrogens is 420 g/mol. The number of carbonyl (C=O) groups is 1. The predicted molar refractivity (Wildman–Crippen MR) is 127 cm³/mol. The van der Waals surface area contributed by atoms with E-state index in [2.05, 4.69) is 18.7 Å². The van der Waals surface area contributed by atoms with Gasteiger partial charge in [-0.25, -0.2) is 0 Å². The Morgan fingerprint density at radius 1 is 1.03 bits per heavy atom. The minimum absolute atomic E-state index is 0.121. The summed E-state index contributed by atoms with van der Waals surface area (Å²) < 4.78 is 17.2. The Labute approximate surface area is 193 Å². The lowest BCUT2D eigenvalue weighted by molar-refractivity contribution is 0.0708. The van der Waals surface area contributed by atoms with Gasteiger partial charge in [-0.05, 0) is 49.8 Å². The predicted octanol–water partition coefficient (Wildman–Crippen LogP) is 4.09. The molecule has 1 aliphatic heterocycles. The lowest BCUT2D eigenvalue weighted by Crippen LogP contribution is -2.37. The van der Waals surface area contributed by atoms with E-state index in [-0.39, 0.29) is 17.1 Å². The van der Waals surface area contributed by atoms with Gasteiger partial charge >= 0.3 is 0 Å². The van der Waals surface area contributed by atoms with Crippen molar-refractivity contribution in [3.05, 3.63) is 69.6 Å². The van der Waals surface area contributed by atoms with Crippen molar-refractivity contribution in [1.29, 1.82) is 0 Å². The molecule has 2 aromatic carbocycles. The summed E-state index contributed by atoms with van der Waals surface area (Å²) in [4.78, 5) is 31.1. The number of benzene rings is 2. The fourth-order valence-electron chi connectivity index (χ4n) is 4.46. The molecule has 3 aromatic rings. The maximum absolute atomic E-state index is 13.6. The number of fused-ring (bicyclic) bond motifs is 2. The number of nitrogens with zero attached hydrogens (tertiary/aromatic N) is 2. The van der Waals surface area contributed by atoms with Crippen molar-refractivity contribution in [1.82, 2.24) is 9.80 Å². The smallest absolute Gasteiger partial charge is 0.290 e. The maximum Gasteiger partial charge on any atom is 0.290 e. The van der Waals surface area contributed by atoms with Crippen molar-refractivity contribution < 1.29 is 18.7 Å². The zero-order valence-electron chi connectivity index (χ0n) is 19.6. The van der Waals surface area contributed by atoms with Crippen LogP contribution in [0.2, 0.25) is 0 Å². The summed E-state index contributed by atoms with van der Waals surface area (Å²) in [6, 6.07) is 12.0. The molecule has 0 bridgehead atoms. The SMILES string of the molecule is CCOc1ccc(C2c3c(oc4ccccc4c3=O)C(=O)N2CCN(CC)CC)cc1OC. The second kappa shape index (κ2) is 9.67. The number of amides is 1. The fourth-order valence-corrected chi connectivity index (χ4v) is 4.46. The summed E-state index contributed by atoms with van der Waals surface area (Å²) in [7, 11) is 1.58. The molecule has 4 rings (SSSR count). The lowest BCUT2D eigenvalue weighted by Gasteiger charge is -2.28. The average Bonchev–Trinajstić information content (AvgIpc) is 3.12. The number of rotatable bonds is 9. The molecule has 2 heterocycles. The van der Waals surface area contributed by atoms with E-state index in [0.717, 1.165) is 18.7 Å². The molecule has 1 amide bonds. The van der Waals surface area contributed by atoms with Gasteiger partial charge in [-0.15, -0.1) is 0 Å². The molecular formula is C26H30N2O5. The third-order valence-corrected chi connectivity index (χ3v) is 6.23. The molecule has 0 saturated carbocycles. The van der Waals surface area contributed by atoms with E-state index in [1.807, 2.05) is 25.1 Å². The molecule has 1 aromatic heterocycles. The topological polar surface area (TPSA) is 72.2 Å². The van der Waals surface area contributed by atoms with Crippen LogP contribution in [0.15, 0.2) is 51.7 Å². The Bertz CT molecular complexity index is 1220. The Kier molecular flexibility index (Phi) is 6.70. The third-order valence-electron chi connectivity index (χ3n) is 6.23. The van der Waals surface area contributed by atoms with Crippen LogP contribution in [0.3, 0.4) is 0 Å². The Balaban J connectivity index is 1.87. The van der Waals surface area contributed by atoms with Crippen molar-refractivity contribution in [2.75, 3.05) is 39.9 Å². The zero-order chi connectivity index (χ0) is 23.5. The summed E-state index contributed by atoms with van der Waals surface area (Å²) in [5, 5.41) is 0.470. The molecule has 33 heavy (non-hydrogen) atoms. The molecule has 1 unspecified atom stereocenters. The van der Waals surface area contributed by atoms with E-state index in [1.54, 1.807) is 36.3 Å². The van der Waals surface area contributed by atoms with Gasteiger partial charge in [-0.3, -0.25) is 9.59 Å². The summed E-state index contributed by atoms with van der Waals surface area (Å²) in [5.74, 6) is 1.03. The average molecular weight is 451 g/mol. The van der Waals surface area contributed by atoms with Crippen LogP contribution in [-0.4, -0.2) is 55.6 Å². The monoisotopic (exact) mass is 450 g/mol. The summed E-state index contributed by atoms with van der Waals surface area (Å²) in [6.07, 6.45) is 0. The standard InChI is InChI=1S/C26H30N2O5/c1-5-27(6-2)14-15-28-23(17-12-13-20(32-7-3)21(16-17)31-4)22-24(29)18-10-8-9-11-19(18)33-25(22)26(28)30/h8-13,16,23H,5-7,14-15H2,1-4H3. The molecule has 0 spiro atoms.